The van der Waals surface area contributed by atoms with E-state index in [0.717, 1.165) is 0 Å². The minimum absolute atomic E-state index is 0.135. The van der Waals surface area contributed by atoms with Gasteiger partial charge in [-0.05, 0) is 17.7 Å². The maximum atomic E-state index is 8.47. The molecule has 1 heterocycles. The van der Waals surface area contributed by atoms with Crippen molar-refractivity contribution in [1.82, 2.24) is 4.98 Å². The predicted molar refractivity (Wildman–Crippen MR) is 49.8 cm³/mol. The monoisotopic (exact) mass is 183 g/mol. The van der Waals surface area contributed by atoms with E-state index in [0.29, 0.717) is 11.3 Å². The maximum absolute atomic E-state index is 8.47. The largest absolute Gasteiger partial charge is 0.244 e. The highest BCUT2D eigenvalue weighted by Crippen LogP contribution is 1.96. The molecule has 5 nitrogen and oxygen atoms in total. The van der Waals surface area contributed by atoms with Gasteiger partial charge in [0.2, 0.25) is 0 Å². The van der Waals surface area contributed by atoms with Gasteiger partial charge >= 0.3 is 0 Å². The van der Waals surface area contributed by atoms with E-state index in [4.69, 9.17) is 10.8 Å². The second-order valence-electron chi connectivity index (χ2n) is 2.23. The fourth-order valence-electron chi connectivity index (χ4n) is 0.743. The Morgan fingerprint density at radius 2 is 2.43 bits per heavy atom. The Labute approximate surface area is 80.6 Å². The van der Waals surface area contributed by atoms with E-state index >= 15 is 0 Å². The average Bonchev–Trinajstić information content (AvgIpc) is 2.25. The number of hydrogen-bond donors (Lipinski definition) is 0. The van der Waals surface area contributed by atoms with E-state index < -0.39 is 0 Å². The lowest BCUT2D eigenvalue weighted by Gasteiger charge is -1.88. The third-order valence-corrected chi connectivity index (χ3v) is 1.32. The number of nitriles is 1. The summed E-state index contributed by atoms with van der Waals surface area (Å²) in [5.74, 6) is 5.39. The van der Waals surface area contributed by atoms with Crippen LogP contribution >= 0.6 is 0 Å². The molecule has 0 aromatic carbocycles. The minimum Gasteiger partial charge on any atom is -0.244 e. The first kappa shape index (κ1) is 9.60. The second-order valence-corrected chi connectivity index (χ2v) is 2.23. The van der Waals surface area contributed by atoms with E-state index in [2.05, 4.69) is 26.9 Å². The van der Waals surface area contributed by atoms with Crippen molar-refractivity contribution in [3.8, 4) is 17.9 Å². The number of hydrogen-bond acceptors (Lipinski definition) is 3. The quantitative estimate of drug-likeness (QED) is 0.286. The number of pyridine rings is 1. The number of azide groups is 1. The predicted octanol–water partition coefficient (Wildman–Crippen LogP) is 1.62. The molecule has 0 aliphatic rings. The van der Waals surface area contributed by atoms with Crippen molar-refractivity contribution in [2.75, 3.05) is 6.54 Å². The van der Waals surface area contributed by atoms with Crippen LogP contribution < -0.4 is 0 Å². The topological polar surface area (TPSA) is 85.4 Å². The Morgan fingerprint density at radius 1 is 1.57 bits per heavy atom. The summed E-state index contributed by atoms with van der Waals surface area (Å²) in [6.07, 6.45) is 1.50. The molecule has 1 aromatic heterocycles. The van der Waals surface area contributed by atoms with Crippen LogP contribution in [0.3, 0.4) is 0 Å². The van der Waals surface area contributed by atoms with Crippen molar-refractivity contribution in [2.45, 2.75) is 0 Å². The Bertz CT molecular complexity index is 451. The highest BCUT2D eigenvalue weighted by molar-refractivity contribution is 5.34. The Morgan fingerprint density at radius 3 is 3.00 bits per heavy atom. The van der Waals surface area contributed by atoms with Crippen LogP contribution in [-0.4, -0.2) is 11.5 Å². The summed E-state index contributed by atoms with van der Waals surface area (Å²) in [7, 11) is 0. The third kappa shape index (κ3) is 2.86. The van der Waals surface area contributed by atoms with Gasteiger partial charge in [-0.3, -0.25) is 0 Å². The van der Waals surface area contributed by atoms with Crippen molar-refractivity contribution >= 4 is 0 Å². The Balaban J connectivity index is 2.72. The van der Waals surface area contributed by atoms with Crippen LogP contribution in [0.25, 0.3) is 10.4 Å². The Kier molecular flexibility index (Phi) is 3.57. The molecule has 0 amide bonds. The van der Waals surface area contributed by atoms with Gasteiger partial charge in [0, 0.05) is 16.7 Å². The first-order valence-corrected chi connectivity index (χ1v) is 3.72. The second kappa shape index (κ2) is 5.21. The summed E-state index contributed by atoms with van der Waals surface area (Å²) in [4.78, 5) is 6.39. The molecule has 5 heteroatoms. The number of rotatable bonds is 1. The first-order chi connectivity index (χ1) is 6.86. The van der Waals surface area contributed by atoms with Gasteiger partial charge in [-0.2, -0.15) is 5.26 Å². The van der Waals surface area contributed by atoms with Gasteiger partial charge in [-0.1, -0.05) is 17.0 Å². The van der Waals surface area contributed by atoms with Crippen LogP contribution in [-0.2, 0) is 0 Å². The smallest absolute Gasteiger partial charge is 0.140 e. The first-order valence-electron chi connectivity index (χ1n) is 3.72. The van der Waals surface area contributed by atoms with E-state index in [-0.39, 0.29) is 6.54 Å². The van der Waals surface area contributed by atoms with Crippen LogP contribution in [0.2, 0.25) is 0 Å². The van der Waals surface area contributed by atoms with E-state index in [9.17, 15) is 0 Å². The summed E-state index contributed by atoms with van der Waals surface area (Å²) in [5, 5.41) is 11.7. The molecular formula is C9H5N5. The summed E-state index contributed by atoms with van der Waals surface area (Å²) in [6, 6.07) is 5.17. The fourth-order valence-corrected chi connectivity index (χ4v) is 0.743. The van der Waals surface area contributed by atoms with Crippen LogP contribution in [0.4, 0.5) is 0 Å². The lowest BCUT2D eigenvalue weighted by atomic mass is 10.2. The zero-order valence-corrected chi connectivity index (χ0v) is 7.18. The van der Waals surface area contributed by atoms with Crippen molar-refractivity contribution in [2.24, 2.45) is 5.11 Å². The highest BCUT2D eigenvalue weighted by atomic mass is 15.1. The molecule has 0 unspecified atom stereocenters. The molecule has 0 N–H and O–H groups in total. The molecule has 1 rings (SSSR count). The molecule has 14 heavy (non-hydrogen) atoms. The van der Waals surface area contributed by atoms with Crippen LogP contribution in [0.1, 0.15) is 11.3 Å². The summed E-state index contributed by atoms with van der Waals surface area (Å²) >= 11 is 0. The molecule has 0 spiro atoms. The molecule has 0 saturated heterocycles. The fraction of sp³-hybridized carbons (Fsp3) is 0.111. The SMILES string of the molecule is N#Cc1ccc(C#CCN=[N+]=[N-])cn1. The molecule has 0 aliphatic heterocycles. The van der Waals surface area contributed by atoms with Crippen molar-refractivity contribution < 1.29 is 0 Å². The number of aromatic nitrogens is 1. The summed E-state index contributed by atoms with van der Waals surface area (Å²) < 4.78 is 0. The number of nitrogens with zero attached hydrogens (tertiary/aromatic N) is 5. The van der Waals surface area contributed by atoms with E-state index in [1.54, 1.807) is 12.1 Å². The minimum atomic E-state index is 0.135. The lowest BCUT2D eigenvalue weighted by Crippen LogP contribution is -1.82. The molecule has 66 valence electrons. The Hall–Kier alpha value is -2.49. The normalized spacial score (nSPS) is 7.64. The van der Waals surface area contributed by atoms with Gasteiger partial charge < -0.3 is 0 Å². The van der Waals surface area contributed by atoms with E-state index in [1.165, 1.54) is 6.20 Å². The van der Waals surface area contributed by atoms with Gasteiger partial charge in [0.25, 0.3) is 0 Å². The standard InChI is InChI=1S/C9H5N5/c10-6-9-4-3-8(7-12-9)2-1-5-13-14-11/h3-4,7H,5H2. The highest BCUT2D eigenvalue weighted by Gasteiger charge is 1.89. The molecule has 0 saturated carbocycles. The molecule has 0 aliphatic carbocycles. The van der Waals surface area contributed by atoms with Crippen LogP contribution in [0.15, 0.2) is 23.4 Å². The van der Waals surface area contributed by atoms with Gasteiger partial charge in [0.15, 0.2) is 0 Å². The van der Waals surface area contributed by atoms with Crippen molar-refractivity contribution in [3.05, 3.63) is 40.0 Å². The summed E-state index contributed by atoms with van der Waals surface area (Å²) in [5.41, 5.74) is 9.02. The molecule has 1 aromatic rings. The van der Waals surface area contributed by atoms with E-state index in [1.807, 2.05) is 6.07 Å². The average molecular weight is 183 g/mol. The van der Waals surface area contributed by atoms with Crippen LogP contribution in [0, 0.1) is 23.2 Å². The molecule has 0 radical (unpaired) electrons. The lowest BCUT2D eigenvalue weighted by molar-refractivity contribution is 1.24. The zero-order chi connectivity index (χ0) is 10.2. The van der Waals surface area contributed by atoms with Gasteiger partial charge in [-0.25, -0.2) is 4.98 Å². The molecule has 0 bridgehead atoms. The zero-order valence-electron chi connectivity index (χ0n) is 7.18. The summed E-state index contributed by atoms with van der Waals surface area (Å²) in [6.45, 7) is 0.135. The van der Waals surface area contributed by atoms with Gasteiger partial charge in [0.05, 0.1) is 6.54 Å². The molecule has 0 fully saturated rings. The van der Waals surface area contributed by atoms with Crippen molar-refractivity contribution in [1.29, 1.82) is 5.26 Å². The molecular weight excluding hydrogens is 178 g/mol. The third-order valence-electron chi connectivity index (χ3n) is 1.32. The van der Waals surface area contributed by atoms with Crippen LogP contribution in [0.5, 0.6) is 0 Å². The molecule has 0 atom stereocenters. The van der Waals surface area contributed by atoms with Gasteiger partial charge in [-0.15, -0.1) is 0 Å². The van der Waals surface area contributed by atoms with Crippen molar-refractivity contribution in [3.63, 3.8) is 0 Å². The maximum Gasteiger partial charge on any atom is 0.140 e. The van der Waals surface area contributed by atoms with Gasteiger partial charge in [0.1, 0.15) is 11.8 Å².